The van der Waals surface area contributed by atoms with Crippen LogP contribution in [0.25, 0.3) is 10.4 Å². The Balaban J connectivity index is 1.86. The van der Waals surface area contributed by atoms with Gasteiger partial charge in [-0.05, 0) is 44.0 Å². The average Bonchev–Trinajstić information content (AvgIpc) is 3.11. The van der Waals surface area contributed by atoms with Gasteiger partial charge in [-0.3, -0.25) is 9.59 Å². The smallest absolute Gasteiger partial charge is 0.240 e. The van der Waals surface area contributed by atoms with E-state index in [-0.39, 0.29) is 23.4 Å². The molecule has 0 aliphatic carbocycles. The van der Waals surface area contributed by atoms with Crippen LogP contribution in [0.5, 0.6) is 0 Å². The van der Waals surface area contributed by atoms with Gasteiger partial charge in [0.2, 0.25) is 11.8 Å². The van der Waals surface area contributed by atoms with E-state index in [1.807, 2.05) is 6.07 Å². The number of benzene rings is 1. The highest BCUT2D eigenvalue weighted by Crippen LogP contribution is 2.61. The standard InChI is InChI=1S/C18H17N5O4/c1-8-10(5-4-9(7-19)14(8)21-22-20)23-15(25)12-13(16(23)26)18(3)11(24)6-17(12,2)27-18/h4-5,11-13,24H,6H2,1-3H3/t11-,12+,13-,17?,18?/m0/s1. The summed E-state index contributed by atoms with van der Waals surface area (Å²) >= 11 is 0. The molecule has 0 spiro atoms. The minimum atomic E-state index is -1.12. The summed E-state index contributed by atoms with van der Waals surface area (Å²) in [4.78, 5) is 30.2. The quantitative estimate of drug-likeness (QED) is 0.369. The summed E-state index contributed by atoms with van der Waals surface area (Å²) in [5.74, 6) is -2.31. The van der Waals surface area contributed by atoms with Crippen LogP contribution in [0.2, 0.25) is 0 Å². The van der Waals surface area contributed by atoms with E-state index in [0.717, 1.165) is 4.90 Å². The van der Waals surface area contributed by atoms with E-state index in [1.165, 1.54) is 12.1 Å². The summed E-state index contributed by atoms with van der Waals surface area (Å²) in [5.41, 5.74) is 7.66. The number of hydrogen-bond donors (Lipinski definition) is 1. The Kier molecular flexibility index (Phi) is 3.43. The number of nitriles is 1. The number of azide groups is 1. The van der Waals surface area contributed by atoms with Crippen molar-refractivity contribution < 1.29 is 19.4 Å². The average molecular weight is 367 g/mol. The Labute approximate surface area is 154 Å². The molecule has 0 radical (unpaired) electrons. The molecular weight excluding hydrogens is 350 g/mol. The Morgan fingerprint density at radius 2 is 2.04 bits per heavy atom. The minimum Gasteiger partial charge on any atom is -0.390 e. The fraction of sp³-hybridized carbons (Fsp3) is 0.500. The monoisotopic (exact) mass is 367 g/mol. The lowest BCUT2D eigenvalue weighted by atomic mass is 9.67. The summed E-state index contributed by atoms with van der Waals surface area (Å²) in [7, 11) is 0. The highest BCUT2D eigenvalue weighted by Gasteiger charge is 2.75. The van der Waals surface area contributed by atoms with Crippen molar-refractivity contribution in [3.63, 3.8) is 0 Å². The van der Waals surface area contributed by atoms with Gasteiger partial charge in [0.15, 0.2) is 0 Å². The summed E-state index contributed by atoms with van der Waals surface area (Å²) in [6.45, 7) is 5.01. The number of carbonyl (C=O) groups excluding carboxylic acids is 2. The number of fused-ring (bicyclic) bond motifs is 5. The van der Waals surface area contributed by atoms with Crippen LogP contribution in [0.1, 0.15) is 31.4 Å². The molecule has 0 saturated carbocycles. The molecule has 1 aromatic carbocycles. The van der Waals surface area contributed by atoms with Crippen molar-refractivity contribution in [1.82, 2.24) is 0 Å². The second-order valence-electron chi connectivity index (χ2n) is 7.69. The summed E-state index contributed by atoms with van der Waals surface area (Å²) in [6.07, 6.45) is -0.547. The molecule has 27 heavy (non-hydrogen) atoms. The first-order valence-electron chi connectivity index (χ1n) is 8.54. The maximum Gasteiger partial charge on any atom is 0.240 e. The van der Waals surface area contributed by atoms with Crippen LogP contribution in [0.4, 0.5) is 11.4 Å². The van der Waals surface area contributed by atoms with Gasteiger partial charge in [0.05, 0.1) is 46.5 Å². The van der Waals surface area contributed by atoms with Crippen molar-refractivity contribution in [2.24, 2.45) is 17.0 Å². The van der Waals surface area contributed by atoms with Crippen molar-refractivity contribution >= 4 is 23.2 Å². The van der Waals surface area contributed by atoms with E-state index >= 15 is 0 Å². The van der Waals surface area contributed by atoms with E-state index in [9.17, 15) is 20.0 Å². The molecule has 3 heterocycles. The zero-order valence-corrected chi connectivity index (χ0v) is 15.0. The lowest BCUT2D eigenvalue weighted by Gasteiger charge is -2.31. The van der Waals surface area contributed by atoms with Gasteiger partial charge in [-0.15, -0.1) is 0 Å². The maximum atomic E-state index is 13.2. The molecule has 1 N–H and O–H groups in total. The number of imide groups is 1. The molecular formula is C18H17N5O4. The number of ether oxygens (including phenoxy) is 1. The SMILES string of the molecule is Cc1c(N2C(=O)[C@@H]3[C@H](C2=O)C2(C)C[C@H](O)C3(C)O2)ccc(C#N)c1N=[N+]=[N-]. The number of aliphatic hydroxyl groups is 1. The molecule has 5 atom stereocenters. The number of hydrogen-bond acceptors (Lipinski definition) is 6. The van der Waals surface area contributed by atoms with Gasteiger partial charge < -0.3 is 9.84 Å². The first-order chi connectivity index (χ1) is 12.7. The van der Waals surface area contributed by atoms with Crippen LogP contribution < -0.4 is 4.90 Å². The molecule has 3 aliphatic heterocycles. The van der Waals surface area contributed by atoms with Gasteiger partial charge in [0.25, 0.3) is 0 Å². The van der Waals surface area contributed by atoms with E-state index in [4.69, 9.17) is 10.3 Å². The molecule has 9 nitrogen and oxygen atoms in total. The van der Waals surface area contributed by atoms with Crippen molar-refractivity contribution in [2.75, 3.05) is 4.90 Å². The molecule has 138 valence electrons. The lowest BCUT2D eigenvalue weighted by Crippen LogP contribution is -2.49. The Bertz CT molecular complexity index is 994. The van der Waals surface area contributed by atoms with Gasteiger partial charge in [-0.2, -0.15) is 5.26 Å². The second kappa shape index (κ2) is 5.30. The molecule has 3 fully saturated rings. The Morgan fingerprint density at radius 1 is 1.37 bits per heavy atom. The second-order valence-corrected chi connectivity index (χ2v) is 7.69. The van der Waals surface area contributed by atoms with Crippen LogP contribution >= 0.6 is 0 Å². The first-order valence-corrected chi connectivity index (χ1v) is 8.54. The highest BCUT2D eigenvalue weighted by atomic mass is 16.6. The van der Waals surface area contributed by atoms with E-state index in [0.29, 0.717) is 5.56 Å². The van der Waals surface area contributed by atoms with Crippen molar-refractivity contribution in [3.8, 4) is 6.07 Å². The zero-order valence-electron chi connectivity index (χ0n) is 15.0. The topological polar surface area (TPSA) is 139 Å². The summed E-state index contributed by atoms with van der Waals surface area (Å²) in [5, 5.41) is 23.2. The third-order valence-corrected chi connectivity index (χ3v) is 6.20. The zero-order chi connectivity index (χ0) is 19.7. The largest absolute Gasteiger partial charge is 0.390 e. The van der Waals surface area contributed by atoms with Gasteiger partial charge in [0, 0.05) is 11.3 Å². The van der Waals surface area contributed by atoms with Crippen LogP contribution in [0.3, 0.4) is 0 Å². The first kappa shape index (κ1) is 17.5. The van der Waals surface area contributed by atoms with Gasteiger partial charge >= 0.3 is 0 Å². The molecule has 3 saturated heterocycles. The molecule has 9 heteroatoms. The number of nitrogens with zero attached hydrogens (tertiary/aromatic N) is 5. The van der Waals surface area contributed by atoms with Crippen molar-refractivity contribution in [3.05, 3.63) is 33.7 Å². The number of anilines is 1. The normalized spacial score (nSPS) is 36.6. The predicted molar refractivity (Wildman–Crippen MR) is 92.7 cm³/mol. The Hall–Kier alpha value is -2.92. The van der Waals surface area contributed by atoms with Crippen LogP contribution in [-0.4, -0.2) is 34.2 Å². The van der Waals surface area contributed by atoms with E-state index in [2.05, 4.69) is 10.0 Å². The fourth-order valence-corrected chi connectivity index (χ4v) is 4.95. The van der Waals surface area contributed by atoms with Gasteiger partial charge in [-0.1, -0.05) is 5.11 Å². The van der Waals surface area contributed by atoms with E-state index < -0.39 is 41.0 Å². The van der Waals surface area contributed by atoms with Crippen LogP contribution in [0, 0.1) is 30.1 Å². The number of carbonyl (C=O) groups is 2. The number of aliphatic hydroxyl groups excluding tert-OH is 1. The van der Waals surface area contributed by atoms with Gasteiger partial charge in [0.1, 0.15) is 5.60 Å². The van der Waals surface area contributed by atoms with Crippen LogP contribution in [-0.2, 0) is 14.3 Å². The van der Waals surface area contributed by atoms with E-state index in [1.54, 1.807) is 20.8 Å². The third kappa shape index (κ3) is 1.97. The summed E-state index contributed by atoms with van der Waals surface area (Å²) in [6, 6.07) is 4.86. The van der Waals surface area contributed by atoms with Crippen molar-refractivity contribution in [1.29, 1.82) is 5.26 Å². The minimum absolute atomic E-state index is 0.0897. The Morgan fingerprint density at radius 3 is 2.67 bits per heavy atom. The lowest BCUT2D eigenvalue weighted by molar-refractivity contribution is -0.132. The number of amides is 2. The molecule has 2 bridgehead atoms. The predicted octanol–water partition coefficient (Wildman–Crippen LogP) is 2.23. The molecule has 2 unspecified atom stereocenters. The molecule has 1 aromatic rings. The fourth-order valence-electron chi connectivity index (χ4n) is 4.95. The summed E-state index contributed by atoms with van der Waals surface area (Å²) < 4.78 is 5.95. The maximum absolute atomic E-state index is 13.2. The molecule has 4 rings (SSSR count). The molecule has 3 aliphatic rings. The third-order valence-electron chi connectivity index (χ3n) is 6.20. The highest BCUT2D eigenvalue weighted by molar-refractivity contribution is 6.23. The van der Waals surface area contributed by atoms with Crippen molar-refractivity contribution in [2.45, 2.75) is 44.5 Å². The number of rotatable bonds is 2. The molecule has 2 amide bonds. The molecule has 0 aromatic heterocycles. The van der Waals surface area contributed by atoms with Gasteiger partial charge in [-0.25, -0.2) is 4.90 Å². The van der Waals surface area contributed by atoms with Crippen LogP contribution in [0.15, 0.2) is 17.2 Å².